The molecule has 3 aromatic carbocycles. The van der Waals surface area contributed by atoms with Gasteiger partial charge >= 0.3 is 0 Å². The topological polar surface area (TPSA) is 49.4 Å². The highest BCUT2D eigenvalue weighted by Crippen LogP contribution is 2.38. The van der Waals surface area contributed by atoms with Crippen molar-refractivity contribution in [2.24, 2.45) is 5.92 Å². The zero-order valence-corrected chi connectivity index (χ0v) is 20.8. The maximum Gasteiger partial charge on any atom is 0.253 e. The monoisotopic (exact) mass is 468 g/mol. The molecule has 1 fully saturated rings. The first kappa shape index (κ1) is 24.7. The zero-order chi connectivity index (χ0) is 24.6. The predicted octanol–water partition coefficient (Wildman–Crippen LogP) is 6.15. The Morgan fingerprint density at radius 2 is 1.51 bits per heavy atom. The smallest absolute Gasteiger partial charge is 0.253 e. The van der Waals surface area contributed by atoms with Crippen molar-refractivity contribution >= 4 is 11.8 Å². The highest BCUT2D eigenvalue weighted by atomic mass is 16.2. The molecule has 4 nitrogen and oxygen atoms in total. The van der Waals surface area contributed by atoms with Crippen LogP contribution in [0.1, 0.15) is 71.6 Å². The quantitative estimate of drug-likeness (QED) is 0.431. The SMILES string of the molecule is C[C@H](NC(=O)[C@H]1CCCC[C@@H]1c1ccc(C(=O)N(C)CCc2ccccc2)cc1)c1ccccc1. The maximum absolute atomic E-state index is 13.2. The van der Waals surface area contributed by atoms with Gasteiger partial charge in [-0.25, -0.2) is 0 Å². The number of rotatable bonds is 8. The Kier molecular flexibility index (Phi) is 8.36. The lowest BCUT2D eigenvalue weighted by Crippen LogP contribution is -2.37. The molecule has 182 valence electrons. The molecule has 2 amide bonds. The second-order valence-electron chi connectivity index (χ2n) is 9.72. The van der Waals surface area contributed by atoms with Crippen LogP contribution in [0, 0.1) is 5.92 Å². The van der Waals surface area contributed by atoms with Crippen LogP contribution in [0.5, 0.6) is 0 Å². The summed E-state index contributed by atoms with van der Waals surface area (Å²) in [6.45, 7) is 2.72. The van der Waals surface area contributed by atoms with Gasteiger partial charge in [-0.15, -0.1) is 0 Å². The van der Waals surface area contributed by atoms with E-state index >= 15 is 0 Å². The molecule has 4 rings (SSSR count). The number of likely N-dealkylation sites (N-methyl/N-ethyl adjacent to an activating group) is 1. The van der Waals surface area contributed by atoms with Gasteiger partial charge in [-0.2, -0.15) is 0 Å². The Hall–Kier alpha value is -3.40. The number of carbonyl (C=O) groups excluding carboxylic acids is 2. The summed E-state index contributed by atoms with van der Waals surface area (Å²) in [5.41, 5.74) is 4.19. The predicted molar refractivity (Wildman–Crippen MR) is 141 cm³/mol. The second kappa shape index (κ2) is 11.8. The van der Waals surface area contributed by atoms with Crippen molar-refractivity contribution in [2.75, 3.05) is 13.6 Å². The van der Waals surface area contributed by atoms with Crippen LogP contribution in [0.2, 0.25) is 0 Å². The Morgan fingerprint density at radius 3 is 2.20 bits per heavy atom. The Bertz CT molecular complexity index is 1100. The lowest BCUT2D eigenvalue weighted by Gasteiger charge is -2.32. The third-order valence-corrected chi connectivity index (χ3v) is 7.27. The van der Waals surface area contributed by atoms with Crippen molar-refractivity contribution in [1.29, 1.82) is 0 Å². The minimum Gasteiger partial charge on any atom is -0.349 e. The molecular weight excluding hydrogens is 432 g/mol. The van der Waals surface area contributed by atoms with Gasteiger partial charge in [-0.3, -0.25) is 9.59 Å². The number of benzene rings is 3. The van der Waals surface area contributed by atoms with Crippen molar-refractivity contribution in [1.82, 2.24) is 10.2 Å². The van der Waals surface area contributed by atoms with Crippen LogP contribution in [0.15, 0.2) is 84.9 Å². The van der Waals surface area contributed by atoms with Crippen molar-refractivity contribution in [3.63, 3.8) is 0 Å². The summed E-state index contributed by atoms with van der Waals surface area (Å²) < 4.78 is 0. The summed E-state index contributed by atoms with van der Waals surface area (Å²) in [6.07, 6.45) is 4.95. The van der Waals surface area contributed by atoms with Gasteiger partial charge in [0.05, 0.1) is 6.04 Å². The van der Waals surface area contributed by atoms with E-state index in [1.165, 1.54) is 5.56 Å². The molecule has 0 radical (unpaired) electrons. The molecule has 1 aliphatic rings. The number of carbonyl (C=O) groups is 2. The normalized spacial score (nSPS) is 18.5. The fourth-order valence-electron chi connectivity index (χ4n) is 5.13. The van der Waals surface area contributed by atoms with Gasteiger partial charge in [0.15, 0.2) is 0 Å². The number of hydrogen-bond acceptors (Lipinski definition) is 2. The molecule has 0 saturated heterocycles. The molecular formula is C31H36N2O2. The first-order valence-corrected chi connectivity index (χ1v) is 12.8. The summed E-state index contributed by atoms with van der Waals surface area (Å²) in [7, 11) is 1.86. The molecule has 0 unspecified atom stereocenters. The van der Waals surface area contributed by atoms with Gasteiger partial charge in [-0.05, 0) is 60.9 Å². The first-order valence-electron chi connectivity index (χ1n) is 12.8. The van der Waals surface area contributed by atoms with E-state index in [0.717, 1.165) is 43.2 Å². The molecule has 0 aliphatic heterocycles. The zero-order valence-electron chi connectivity index (χ0n) is 20.8. The third kappa shape index (κ3) is 6.39. The van der Waals surface area contributed by atoms with Crippen molar-refractivity contribution in [3.8, 4) is 0 Å². The molecule has 0 heterocycles. The third-order valence-electron chi connectivity index (χ3n) is 7.27. The van der Waals surface area contributed by atoms with Crippen molar-refractivity contribution in [3.05, 3.63) is 107 Å². The standard InChI is InChI=1S/C31H36N2O2/c1-23(25-13-7-4-8-14-25)32-30(34)29-16-10-9-15-28(29)26-17-19-27(20-18-26)31(35)33(2)22-21-24-11-5-3-6-12-24/h3-8,11-14,17-20,23,28-29H,9-10,15-16,21-22H2,1-2H3,(H,32,34)/t23-,28+,29-/m0/s1. The van der Waals surface area contributed by atoms with Crippen molar-refractivity contribution < 1.29 is 9.59 Å². The van der Waals surface area contributed by atoms with Gasteiger partial charge in [0.2, 0.25) is 5.91 Å². The lowest BCUT2D eigenvalue weighted by molar-refractivity contribution is -0.127. The van der Waals surface area contributed by atoms with Gasteiger partial charge < -0.3 is 10.2 Å². The first-order chi connectivity index (χ1) is 17.0. The van der Waals surface area contributed by atoms with Crippen LogP contribution in [-0.4, -0.2) is 30.3 Å². The molecule has 3 aromatic rings. The van der Waals surface area contributed by atoms with Crippen LogP contribution in [-0.2, 0) is 11.2 Å². The minimum atomic E-state index is -0.0370. The van der Waals surface area contributed by atoms with E-state index in [0.29, 0.717) is 12.1 Å². The molecule has 0 aromatic heterocycles. The molecule has 1 N–H and O–H groups in total. The molecule has 0 spiro atoms. The fraction of sp³-hybridized carbons (Fsp3) is 0.355. The van der Waals surface area contributed by atoms with E-state index < -0.39 is 0 Å². The summed E-state index contributed by atoms with van der Waals surface area (Å²) in [5.74, 6) is 0.311. The van der Waals surface area contributed by atoms with Gasteiger partial charge in [0.1, 0.15) is 0 Å². The molecule has 35 heavy (non-hydrogen) atoms. The number of nitrogens with zero attached hydrogens (tertiary/aromatic N) is 1. The molecule has 4 heteroatoms. The van der Waals surface area contributed by atoms with Gasteiger partial charge in [-0.1, -0.05) is 85.6 Å². The van der Waals surface area contributed by atoms with E-state index in [9.17, 15) is 9.59 Å². The average molecular weight is 469 g/mol. The Balaban J connectivity index is 1.39. The number of nitrogens with one attached hydrogen (secondary N) is 1. The second-order valence-corrected chi connectivity index (χ2v) is 9.72. The molecule has 1 aliphatic carbocycles. The number of hydrogen-bond donors (Lipinski definition) is 1. The summed E-state index contributed by atoms with van der Waals surface area (Å²) in [6, 6.07) is 28.3. The number of amides is 2. The summed E-state index contributed by atoms with van der Waals surface area (Å²) in [4.78, 5) is 28.0. The van der Waals surface area contributed by atoms with Crippen LogP contribution < -0.4 is 5.32 Å². The Morgan fingerprint density at radius 1 is 0.886 bits per heavy atom. The van der Waals surface area contributed by atoms with E-state index in [-0.39, 0.29) is 29.7 Å². The van der Waals surface area contributed by atoms with Crippen LogP contribution in [0.25, 0.3) is 0 Å². The minimum absolute atomic E-state index is 0.0160. The lowest BCUT2D eigenvalue weighted by atomic mass is 9.74. The molecule has 3 atom stereocenters. The van der Waals surface area contributed by atoms with E-state index in [4.69, 9.17) is 0 Å². The van der Waals surface area contributed by atoms with Crippen LogP contribution in [0.3, 0.4) is 0 Å². The van der Waals surface area contributed by atoms with E-state index in [2.05, 4.69) is 41.7 Å². The fourth-order valence-corrected chi connectivity index (χ4v) is 5.13. The van der Waals surface area contributed by atoms with Crippen LogP contribution in [0.4, 0.5) is 0 Å². The molecule has 1 saturated carbocycles. The van der Waals surface area contributed by atoms with Gasteiger partial charge in [0, 0.05) is 25.1 Å². The molecule has 0 bridgehead atoms. The largest absolute Gasteiger partial charge is 0.349 e. The van der Waals surface area contributed by atoms with E-state index in [1.807, 2.05) is 62.5 Å². The summed E-state index contributed by atoms with van der Waals surface area (Å²) >= 11 is 0. The van der Waals surface area contributed by atoms with Crippen molar-refractivity contribution in [2.45, 2.75) is 51.0 Å². The highest BCUT2D eigenvalue weighted by molar-refractivity contribution is 5.94. The highest BCUT2D eigenvalue weighted by Gasteiger charge is 2.32. The maximum atomic E-state index is 13.2. The van der Waals surface area contributed by atoms with Gasteiger partial charge in [0.25, 0.3) is 5.91 Å². The van der Waals surface area contributed by atoms with Crippen LogP contribution >= 0.6 is 0 Å². The Labute approximate surface area is 209 Å². The van der Waals surface area contributed by atoms with E-state index in [1.54, 1.807) is 4.90 Å². The summed E-state index contributed by atoms with van der Waals surface area (Å²) in [5, 5.41) is 3.24. The average Bonchev–Trinajstić information content (AvgIpc) is 2.92.